The van der Waals surface area contributed by atoms with E-state index in [1.54, 1.807) is 29.5 Å². The summed E-state index contributed by atoms with van der Waals surface area (Å²) in [6.45, 7) is 0. The van der Waals surface area contributed by atoms with Crippen molar-refractivity contribution >= 4 is 22.3 Å². The van der Waals surface area contributed by atoms with Gasteiger partial charge in [-0.2, -0.15) is 0 Å². The lowest BCUT2D eigenvalue weighted by Gasteiger charge is -1.98. The van der Waals surface area contributed by atoms with Crippen LogP contribution in [0.3, 0.4) is 0 Å². The molecule has 3 aromatic rings. The van der Waals surface area contributed by atoms with Crippen LogP contribution in [-0.2, 0) is 0 Å². The Morgan fingerprint density at radius 3 is 3.06 bits per heavy atom. The van der Waals surface area contributed by atoms with Gasteiger partial charge in [-0.25, -0.2) is 9.78 Å². The van der Waals surface area contributed by atoms with Crippen LogP contribution in [0.1, 0.15) is 10.4 Å². The molecule has 0 fully saturated rings. The van der Waals surface area contributed by atoms with Gasteiger partial charge in [-0.05, 0) is 12.1 Å². The number of rotatable bonds is 2. The minimum Gasteiger partial charge on any atom is -0.478 e. The fraction of sp³-hybridized carbons (Fsp3) is 0. The third-order valence-electron chi connectivity index (χ3n) is 2.50. The summed E-state index contributed by atoms with van der Waals surface area (Å²) in [4.78, 5) is 16.2. The van der Waals surface area contributed by atoms with Crippen LogP contribution in [0.4, 0.5) is 0 Å². The smallest absolute Gasteiger partial charge is 0.335 e. The Morgan fingerprint density at radius 1 is 1.41 bits per heavy atom. The summed E-state index contributed by atoms with van der Waals surface area (Å²) in [5.41, 5.74) is 1.89. The van der Waals surface area contributed by atoms with Crippen LogP contribution in [0.15, 0.2) is 42.0 Å². The predicted octanol–water partition coefficient (Wildman–Crippen LogP) is 2.76. The van der Waals surface area contributed by atoms with Crippen LogP contribution in [0.25, 0.3) is 16.2 Å². The first-order valence-electron chi connectivity index (χ1n) is 5.00. The first-order chi connectivity index (χ1) is 8.24. The van der Waals surface area contributed by atoms with E-state index < -0.39 is 5.97 Å². The Morgan fingerprint density at radius 2 is 2.29 bits per heavy atom. The molecule has 5 heteroatoms. The zero-order valence-electron chi connectivity index (χ0n) is 8.70. The molecule has 0 bridgehead atoms. The predicted molar refractivity (Wildman–Crippen MR) is 65.5 cm³/mol. The minimum atomic E-state index is -0.923. The Kier molecular flexibility index (Phi) is 2.19. The molecule has 2 aromatic heterocycles. The largest absolute Gasteiger partial charge is 0.478 e. The van der Waals surface area contributed by atoms with Gasteiger partial charge < -0.3 is 5.11 Å². The fourth-order valence-electron chi connectivity index (χ4n) is 1.68. The minimum absolute atomic E-state index is 0.277. The van der Waals surface area contributed by atoms with Crippen LogP contribution in [0.2, 0.25) is 0 Å². The van der Waals surface area contributed by atoms with Crippen molar-refractivity contribution in [1.82, 2.24) is 9.38 Å². The molecule has 0 saturated carbocycles. The van der Waals surface area contributed by atoms with Gasteiger partial charge in [0.1, 0.15) is 0 Å². The second-order valence-electron chi connectivity index (χ2n) is 3.60. The molecular formula is C12H8N2O2S. The van der Waals surface area contributed by atoms with Crippen molar-refractivity contribution in [3.63, 3.8) is 0 Å². The monoisotopic (exact) mass is 244 g/mol. The van der Waals surface area contributed by atoms with Crippen molar-refractivity contribution in [1.29, 1.82) is 0 Å². The van der Waals surface area contributed by atoms with Gasteiger partial charge in [-0.15, -0.1) is 11.3 Å². The number of imidazole rings is 1. The van der Waals surface area contributed by atoms with Gasteiger partial charge in [0.05, 0.1) is 11.3 Å². The highest BCUT2D eigenvalue weighted by Gasteiger charge is 2.08. The van der Waals surface area contributed by atoms with E-state index in [4.69, 9.17) is 5.11 Å². The zero-order chi connectivity index (χ0) is 11.8. The van der Waals surface area contributed by atoms with E-state index in [0.29, 0.717) is 0 Å². The van der Waals surface area contributed by atoms with Gasteiger partial charge >= 0.3 is 5.97 Å². The Hall–Kier alpha value is -2.14. The first kappa shape index (κ1) is 10.0. The molecule has 3 rings (SSSR count). The Bertz CT molecular complexity index is 671. The maximum Gasteiger partial charge on any atom is 0.335 e. The molecule has 4 nitrogen and oxygen atoms in total. The molecule has 0 aliphatic carbocycles. The number of fused-ring (bicyclic) bond motifs is 1. The second kappa shape index (κ2) is 3.71. The maximum atomic E-state index is 10.9. The molecule has 0 unspecified atom stereocenters. The number of benzene rings is 1. The number of carbonyl (C=O) groups is 1. The summed E-state index contributed by atoms with van der Waals surface area (Å²) in [6.07, 6.45) is 3.82. The second-order valence-corrected chi connectivity index (χ2v) is 4.48. The van der Waals surface area contributed by atoms with E-state index in [9.17, 15) is 4.79 Å². The van der Waals surface area contributed by atoms with Crippen molar-refractivity contribution in [2.24, 2.45) is 0 Å². The van der Waals surface area contributed by atoms with Crippen LogP contribution >= 0.6 is 11.3 Å². The standard InChI is InChI=1S/C12H8N2O2S/c15-11(16)9-3-1-2-8(6-9)10-7-14-4-5-17-12(14)13-10/h1-7H,(H,15,16). The molecular weight excluding hydrogens is 236 g/mol. The van der Waals surface area contributed by atoms with Crippen molar-refractivity contribution in [3.05, 3.63) is 47.6 Å². The van der Waals surface area contributed by atoms with Gasteiger partial charge in [0.25, 0.3) is 0 Å². The normalized spacial score (nSPS) is 10.8. The molecule has 0 saturated heterocycles. The van der Waals surface area contributed by atoms with Gasteiger partial charge in [0, 0.05) is 23.3 Å². The summed E-state index contributed by atoms with van der Waals surface area (Å²) in [5, 5.41) is 10.9. The molecule has 17 heavy (non-hydrogen) atoms. The maximum absolute atomic E-state index is 10.9. The summed E-state index contributed by atoms with van der Waals surface area (Å²) < 4.78 is 1.92. The van der Waals surface area contributed by atoms with Crippen LogP contribution in [0.5, 0.6) is 0 Å². The zero-order valence-corrected chi connectivity index (χ0v) is 9.52. The van der Waals surface area contributed by atoms with Crippen molar-refractivity contribution in [3.8, 4) is 11.3 Å². The van der Waals surface area contributed by atoms with Gasteiger partial charge in [0.15, 0.2) is 4.96 Å². The lowest BCUT2D eigenvalue weighted by molar-refractivity contribution is 0.0697. The van der Waals surface area contributed by atoms with Crippen LogP contribution in [-0.4, -0.2) is 20.5 Å². The molecule has 0 radical (unpaired) electrons. The number of aromatic nitrogens is 2. The third kappa shape index (κ3) is 1.70. The number of carboxylic acids is 1. The molecule has 0 aliphatic heterocycles. The lowest BCUT2D eigenvalue weighted by Crippen LogP contribution is -1.95. The lowest BCUT2D eigenvalue weighted by atomic mass is 10.1. The topological polar surface area (TPSA) is 54.6 Å². The Labute approximate surface area is 101 Å². The van der Waals surface area contributed by atoms with E-state index in [2.05, 4.69) is 4.98 Å². The molecule has 0 spiro atoms. The highest BCUT2D eigenvalue weighted by Crippen LogP contribution is 2.22. The first-order valence-corrected chi connectivity index (χ1v) is 5.88. The van der Waals surface area contributed by atoms with Gasteiger partial charge in [0.2, 0.25) is 0 Å². The van der Waals surface area contributed by atoms with Gasteiger partial charge in [-0.1, -0.05) is 12.1 Å². The summed E-state index contributed by atoms with van der Waals surface area (Å²) >= 11 is 1.55. The van der Waals surface area contributed by atoms with Crippen LogP contribution < -0.4 is 0 Å². The summed E-state index contributed by atoms with van der Waals surface area (Å²) in [5.74, 6) is -0.923. The highest BCUT2D eigenvalue weighted by atomic mass is 32.1. The van der Waals surface area contributed by atoms with Crippen molar-refractivity contribution < 1.29 is 9.90 Å². The van der Waals surface area contributed by atoms with Crippen molar-refractivity contribution in [2.75, 3.05) is 0 Å². The molecule has 1 N–H and O–H groups in total. The van der Waals surface area contributed by atoms with E-state index in [1.807, 2.05) is 28.2 Å². The average Bonchev–Trinajstić information content (AvgIpc) is 2.89. The molecule has 1 aromatic carbocycles. The summed E-state index contributed by atoms with van der Waals surface area (Å²) in [6, 6.07) is 6.80. The van der Waals surface area contributed by atoms with Crippen LogP contribution in [0, 0.1) is 0 Å². The van der Waals surface area contributed by atoms with E-state index >= 15 is 0 Å². The quantitative estimate of drug-likeness (QED) is 0.754. The number of thiazole rings is 1. The van der Waals surface area contributed by atoms with Gasteiger partial charge in [-0.3, -0.25) is 4.40 Å². The van der Waals surface area contributed by atoms with E-state index in [0.717, 1.165) is 16.2 Å². The number of carboxylic acid groups (broad SMARTS) is 1. The number of nitrogens with zero attached hydrogens (tertiary/aromatic N) is 2. The number of hydrogen-bond acceptors (Lipinski definition) is 3. The van der Waals surface area contributed by atoms with Crippen molar-refractivity contribution in [2.45, 2.75) is 0 Å². The molecule has 2 heterocycles. The molecule has 0 atom stereocenters. The SMILES string of the molecule is O=C(O)c1cccc(-c2cn3ccsc3n2)c1. The summed E-state index contributed by atoms with van der Waals surface area (Å²) in [7, 11) is 0. The third-order valence-corrected chi connectivity index (χ3v) is 3.27. The fourth-order valence-corrected chi connectivity index (χ4v) is 2.38. The molecule has 0 aliphatic rings. The Balaban J connectivity index is 2.12. The average molecular weight is 244 g/mol. The molecule has 0 amide bonds. The highest BCUT2D eigenvalue weighted by molar-refractivity contribution is 7.15. The number of aromatic carboxylic acids is 1. The van der Waals surface area contributed by atoms with E-state index in [1.165, 1.54) is 0 Å². The number of hydrogen-bond donors (Lipinski definition) is 1. The molecule has 84 valence electrons. The van der Waals surface area contributed by atoms with E-state index in [-0.39, 0.29) is 5.56 Å².